The van der Waals surface area contributed by atoms with Crippen molar-refractivity contribution in [2.24, 2.45) is 7.05 Å². The van der Waals surface area contributed by atoms with Crippen LogP contribution in [0.3, 0.4) is 0 Å². The van der Waals surface area contributed by atoms with E-state index in [0.29, 0.717) is 5.06 Å². The molecule has 0 atom stereocenters. The zero-order valence-electron chi connectivity index (χ0n) is 12.1. The number of hydrogen-bond donors (Lipinski definition) is 0. The molecule has 3 rings (SSSR count). The average Bonchev–Trinajstić information content (AvgIpc) is 3.01. The lowest BCUT2D eigenvalue weighted by Crippen LogP contribution is -2.32. The first kappa shape index (κ1) is 15.6. The highest BCUT2D eigenvalue weighted by Gasteiger charge is 2.39. The van der Waals surface area contributed by atoms with Gasteiger partial charge in [-0.1, -0.05) is 17.2 Å². The Morgan fingerprint density at radius 3 is 2.29 bits per heavy atom. The Kier molecular flexibility index (Phi) is 3.72. The largest absolute Gasteiger partial charge is 0.417 e. The molecule has 124 valence electrons. The lowest BCUT2D eigenvalue weighted by atomic mass is 10.1. The number of carbonyl (C=O) groups excluding carboxylic acids is 3. The number of fused-ring (bicyclic) bond motifs is 1. The number of benzene rings is 1. The van der Waals surface area contributed by atoms with Crippen molar-refractivity contribution in [3.63, 3.8) is 0 Å². The van der Waals surface area contributed by atoms with Crippen LogP contribution >= 0.6 is 0 Å². The van der Waals surface area contributed by atoms with E-state index >= 15 is 0 Å². The Hall–Kier alpha value is -3.30. The van der Waals surface area contributed by atoms with Crippen molar-refractivity contribution in [3.05, 3.63) is 47.2 Å². The fourth-order valence-electron chi connectivity index (χ4n) is 2.13. The van der Waals surface area contributed by atoms with Crippen molar-refractivity contribution >= 4 is 17.8 Å². The summed E-state index contributed by atoms with van der Waals surface area (Å²) in [6.45, 7) is -3.10. The first-order valence-corrected chi connectivity index (χ1v) is 6.57. The van der Waals surface area contributed by atoms with Gasteiger partial charge in [0.25, 0.3) is 11.8 Å². The molecule has 1 aromatic carbocycles. The number of hydrogen-bond acceptors (Lipinski definition) is 6. The third-order valence-electron chi connectivity index (χ3n) is 3.19. The first-order chi connectivity index (χ1) is 11.4. The minimum atomic E-state index is -3.10. The molecule has 0 saturated carbocycles. The van der Waals surface area contributed by atoms with Gasteiger partial charge in [-0.05, 0) is 12.1 Å². The second-order valence-electron chi connectivity index (χ2n) is 4.70. The number of imide groups is 1. The first-order valence-electron chi connectivity index (χ1n) is 6.57. The Morgan fingerprint density at radius 2 is 1.75 bits per heavy atom. The maximum Gasteiger partial charge on any atom is 0.388 e. The van der Waals surface area contributed by atoms with E-state index in [-0.39, 0.29) is 17.0 Å². The molecule has 1 aliphatic rings. The van der Waals surface area contributed by atoms with Gasteiger partial charge < -0.3 is 9.57 Å². The zero-order valence-corrected chi connectivity index (χ0v) is 12.1. The third-order valence-corrected chi connectivity index (χ3v) is 3.19. The number of alkyl halides is 2. The highest BCUT2D eigenvalue weighted by molar-refractivity contribution is 6.21. The lowest BCUT2D eigenvalue weighted by Gasteiger charge is -2.11. The molecule has 0 bridgehead atoms. The van der Waals surface area contributed by atoms with Crippen LogP contribution in [0.4, 0.5) is 8.78 Å². The standard InChI is InChI=1S/C14H9F2N3O5/c1-18-10(23-14(15)16)6-9(17-18)13(22)24-19-11(20)7-4-2-3-5-8(7)12(19)21/h2-6,14H,1H3. The number of ether oxygens (including phenoxy) is 1. The summed E-state index contributed by atoms with van der Waals surface area (Å²) in [4.78, 5) is 40.9. The molecule has 0 fully saturated rings. The van der Waals surface area contributed by atoms with Gasteiger partial charge in [0.15, 0.2) is 5.69 Å². The fourth-order valence-corrected chi connectivity index (χ4v) is 2.13. The summed E-state index contributed by atoms with van der Waals surface area (Å²) in [5.74, 6) is -3.14. The topological polar surface area (TPSA) is 90.7 Å². The highest BCUT2D eigenvalue weighted by Crippen LogP contribution is 2.24. The van der Waals surface area contributed by atoms with Gasteiger partial charge >= 0.3 is 12.6 Å². The van der Waals surface area contributed by atoms with Crippen LogP contribution in [-0.4, -0.2) is 39.2 Å². The van der Waals surface area contributed by atoms with Gasteiger partial charge in [-0.25, -0.2) is 9.48 Å². The number of rotatable bonds is 4. The van der Waals surface area contributed by atoms with E-state index in [2.05, 4.69) is 9.84 Å². The van der Waals surface area contributed by atoms with E-state index in [1.165, 1.54) is 19.2 Å². The molecule has 8 nitrogen and oxygen atoms in total. The number of aryl methyl sites for hydroxylation is 1. The molecule has 0 aliphatic carbocycles. The predicted octanol–water partition coefficient (Wildman–Crippen LogP) is 1.39. The number of amides is 2. The Morgan fingerprint density at radius 1 is 1.17 bits per heavy atom. The minimum Gasteiger partial charge on any atom is -0.417 e. The molecule has 2 aromatic rings. The SMILES string of the molecule is Cn1nc(C(=O)ON2C(=O)c3ccccc3C2=O)cc1OC(F)F. The second kappa shape index (κ2) is 5.72. The third kappa shape index (κ3) is 2.57. The van der Waals surface area contributed by atoms with Crippen molar-refractivity contribution < 1.29 is 32.7 Å². The number of hydroxylamine groups is 2. The molecule has 2 amide bonds. The van der Waals surface area contributed by atoms with E-state index in [4.69, 9.17) is 4.84 Å². The molecule has 24 heavy (non-hydrogen) atoms. The van der Waals surface area contributed by atoms with Crippen molar-refractivity contribution in [3.8, 4) is 5.88 Å². The van der Waals surface area contributed by atoms with Crippen LogP contribution in [0.5, 0.6) is 5.88 Å². The van der Waals surface area contributed by atoms with Crippen molar-refractivity contribution in [1.29, 1.82) is 0 Å². The zero-order chi connectivity index (χ0) is 17.4. The van der Waals surface area contributed by atoms with Crippen molar-refractivity contribution in [1.82, 2.24) is 14.8 Å². The second-order valence-corrected chi connectivity index (χ2v) is 4.70. The molecule has 0 saturated heterocycles. The number of carbonyl (C=O) groups is 3. The van der Waals surface area contributed by atoms with E-state index in [9.17, 15) is 23.2 Å². The number of halogens is 2. The van der Waals surface area contributed by atoms with E-state index in [1.807, 2.05) is 0 Å². The molecule has 10 heteroatoms. The van der Waals surface area contributed by atoms with Crippen LogP contribution in [-0.2, 0) is 11.9 Å². The molecule has 0 N–H and O–H groups in total. The van der Waals surface area contributed by atoms with Gasteiger partial charge in [0.05, 0.1) is 11.1 Å². The molecule has 2 heterocycles. The summed E-state index contributed by atoms with van der Waals surface area (Å²) >= 11 is 0. The number of nitrogens with zero attached hydrogens (tertiary/aromatic N) is 3. The van der Waals surface area contributed by atoms with Gasteiger partial charge in [-0.2, -0.15) is 13.9 Å². The minimum absolute atomic E-state index is 0.0954. The monoisotopic (exact) mass is 337 g/mol. The molecule has 1 aromatic heterocycles. The number of aromatic nitrogens is 2. The van der Waals surface area contributed by atoms with Gasteiger partial charge in [-0.15, -0.1) is 0 Å². The predicted molar refractivity (Wildman–Crippen MR) is 72.2 cm³/mol. The summed E-state index contributed by atoms with van der Waals surface area (Å²) < 4.78 is 29.5. The van der Waals surface area contributed by atoms with E-state index in [0.717, 1.165) is 10.7 Å². The van der Waals surface area contributed by atoms with Crippen LogP contribution in [0, 0.1) is 0 Å². The average molecular weight is 337 g/mol. The van der Waals surface area contributed by atoms with E-state index in [1.54, 1.807) is 12.1 Å². The summed E-state index contributed by atoms with van der Waals surface area (Å²) in [5, 5.41) is 3.94. The maximum atomic E-state index is 12.2. The van der Waals surface area contributed by atoms with Crippen molar-refractivity contribution in [2.45, 2.75) is 6.61 Å². The summed E-state index contributed by atoms with van der Waals surface area (Å²) in [6.07, 6.45) is 0. The smallest absolute Gasteiger partial charge is 0.388 e. The van der Waals surface area contributed by atoms with Crippen molar-refractivity contribution in [2.75, 3.05) is 0 Å². The van der Waals surface area contributed by atoms with E-state index < -0.39 is 30.1 Å². The maximum absolute atomic E-state index is 12.2. The van der Waals surface area contributed by atoms with Gasteiger partial charge in [-0.3, -0.25) is 9.59 Å². The van der Waals surface area contributed by atoms with Gasteiger partial charge in [0, 0.05) is 13.1 Å². The highest BCUT2D eigenvalue weighted by atomic mass is 19.3. The molecule has 0 radical (unpaired) electrons. The lowest BCUT2D eigenvalue weighted by molar-refractivity contribution is -0.0589. The Bertz CT molecular complexity index is 814. The molecule has 1 aliphatic heterocycles. The Balaban J connectivity index is 1.79. The van der Waals surface area contributed by atoms with Gasteiger partial charge in [0.2, 0.25) is 5.88 Å². The van der Waals surface area contributed by atoms with Crippen LogP contribution in [0.2, 0.25) is 0 Å². The van der Waals surface area contributed by atoms with Gasteiger partial charge in [0.1, 0.15) is 0 Å². The Labute approximate surface area is 133 Å². The van der Waals surface area contributed by atoms with Crippen LogP contribution in [0.15, 0.2) is 30.3 Å². The van der Waals surface area contributed by atoms with Crippen LogP contribution < -0.4 is 4.74 Å². The molecule has 0 unspecified atom stereocenters. The summed E-state index contributed by atoms with van der Waals surface area (Å²) in [6, 6.07) is 6.86. The summed E-state index contributed by atoms with van der Waals surface area (Å²) in [5.41, 5.74) is -0.208. The summed E-state index contributed by atoms with van der Waals surface area (Å²) in [7, 11) is 1.27. The molecular formula is C14H9F2N3O5. The normalized spacial score (nSPS) is 13.4. The fraction of sp³-hybridized carbons (Fsp3) is 0.143. The van der Waals surface area contributed by atoms with Crippen LogP contribution in [0.25, 0.3) is 0 Å². The molecular weight excluding hydrogens is 328 g/mol. The quantitative estimate of drug-likeness (QED) is 0.783. The molecule has 0 spiro atoms. The van der Waals surface area contributed by atoms with Crippen LogP contribution in [0.1, 0.15) is 31.2 Å².